The highest BCUT2D eigenvalue weighted by molar-refractivity contribution is 7.10. The molecule has 1 aromatic heterocycles. The summed E-state index contributed by atoms with van der Waals surface area (Å²) in [4.78, 5) is 24.9. The molecule has 1 heterocycles. The van der Waals surface area contributed by atoms with Crippen molar-refractivity contribution in [1.82, 2.24) is 10.6 Å². The zero-order chi connectivity index (χ0) is 17.4. The van der Waals surface area contributed by atoms with Crippen LogP contribution in [-0.4, -0.2) is 24.5 Å². The first-order chi connectivity index (χ1) is 11.6. The molecule has 0 saturated carbocycles. The summed E-state index contributed by atoms with van der Waals surface area (Å²) >= 11 is 1.66. The van der Waals surface area contributed by atoms with Crippen molar-refractivity contribution in [2.24, 2.45) is 0 Å². The minimum absolute atomic E-state index is 0.0463. The second kappa shape index (κ2) is 9.20. The van der Waals surface area contributed by atoms with Gasteiger partial charge in [0.25, 0.3) is 5.91 Å². The Morgan fingerprint density at radius 2 is 1.92 bits per heavy atom. The lowest BCUT2D eigenvalue weighted by Crippen LogP contribution is -2.87. The maximum absolute atomic E-state index is 12.0. The van der Waals surface area contributed by atoms with E-state index in [2.05, 4.69) is 28.8 Å². The van der Waals surface area contributed by atoms with Gasteiger partial charge in [0.1, 0.15) is 6.04 Å². The highest BCUT2D eigenvalue weighted by Crippen LogP contribution is 2.22. The van der Waals surface area contributed by atoms with Gasteiger partial charge in [0.2, 0.25) is 0 Å². The van der Waals surface area contributed by atoms with Crippen molar-refractivity contribution in [2.75, 3.05) is 6.54 Å². The van der Waals surface area contributed by atoms with E-state index in [1.165, 1.54) is 4.88 Å². The molecule has 128 valence electrons. The number of thiophene rings is 1. The second-order valence-corrected chi connectivity index (χ2v) is 6.65. The Labute approximate surface area is 146 Å². The molecule has 0 fully saturated rings. The van der Waals surface area contributed by atoms with E-state index >= 15 is 0 Å². The molecule has 2 aromatic rings. The number of benzene rings is 1. The number of urea groups is 1. The van der Waals surface area contributed by atoms with Crippen LogP contribution in [0.2, 0.25) is 0 Å². The summed E-state index contributed by atoms with van der Waals surface area (Å²) in [6.07, 6.45) is 0.822. The fourth-order valence-electron chi connectivity index (χ4n) is 2.31. The van der Waals surface area contributed by atoms with Crippen LogP contribution in [0.25, 0.3) is 0 Å². The van der Waals surface area contributed by atoms with Crippen LogP contribution in [-0.2, 0) is 4.79 Å². The van der Waals surface area contributed by atoms with Crippen LogP contribution in [0.1, 0.15) is 36.8 Å². The minimum Gasteiger partial charge on any atom is -0.335 e. The summed E-state index contributed by atoms with van der Waals surface area (Å²) in [6, 6.07) is 13.8. The molecule has 0 aliphatic rings. The Kier molecular flexibility index (Phi) is 6.96. The summed E-state index contributed by atoms with van der Waals surface area (Å²) in [5.41, 5.74) is 1.14. The summed E-state index contributed by atoms with van der Waals surface area (Å²) < 4.78 is 0. The smallest absolute Gasteiger partial charge is 0.321 e. The molecule has 0 saturated heterocycles. The number of nitrogens with two attached hydrogens (primary N) is 1. The fraction of sp³-hybridized carbons (Fsp3) is 0.333. The molecule has 2 atom stereocenters. The first-order valence-electron chi connectivity index (χ1n) is 8.12. The molecule has 5 nitrogen and oxygen atoms in total. The SMILES string of the molecule is CC[C@H](C)NC(=O)NC(=O)C[NH2+][C@@H](c1ccccc1)c1cccs1. The maximum Gasteiger partial charge on any atom is 0.321 e. The van der Waals surface area contributed by atoms with Gasteiger partial charge in [0.05, 0.1) is 4.88 Å². The zero-order valence-electron chi connectivity index (χ0n) is 14.0. The first-order valence-corrected chi connectivity index (χ1v) is 9.00. The molecule has 6 heteroatoms. The number of carbonyl (C=O) groups excluding carboxylic acids is 2. The molecule has 4 N–H and O–H groups in total. The number of carbonyl (C=O) groups is 2. The Hall–Kier alpha value is -2.18. The lowest BCUT2D eigenvalue weighted by atomic mass is 10.1. The van der Waals surface area contributed by atoms with Crippen molar-refractivity contribution in [2.45, 2.75) is 32.4 Å². The van der Waals surface area contributed by atoms with Crippen molar-refractivity contribution >= 4 is 23.3 Å². The summed E-state index contributed by atoms with van der Waals surface area (Å²) in [7, 11) is 0. The second-order valence-electron chi connectivity index (χ2n) is 5.67. The lowest BCUT2D eigenvalue weighted by Gasteiger charge is -2.15. The predicted octanol–water partition coefficient (Wildman–Crippen LogP) is 2.03. The number of rotatable bonds is 7. The summed E-state index contributed by atoms with van der Waals surface area (Å²) in [5, 5.41) is 9.08. The molecule has 0 aliphatic heterocycles. The third-order valence-electron chi connectivity index (χ3n) is 3.79. The number of hydrogen-bond acceptors (Lipinski definition) is 3. The molecule has 0 radical (unpaired) electrons. The van der Waals surface area contributed by atoms with Crippen molar-refractivity contribution in [3.05, 3.63) is 58.3 Å². The topological polar surface area (TPSA) is 74.8 Å². The van der Waals surface area contributed by atoms with E-state index in [1.807, 2.05) is 48.8 Å². The molecule has 0 bridgehead atoms. The molecular formula is C18H24N3O2S+. The Balaban J connectivity index is 1.94. The van der Waals surface area contributed by atoms with Crippen LogP contribution in [0.3, 0.4) is 0 Å². The van der Waals surface area contributed by atoms with Gasteiger partial charge in [-0.05, 0) is 24.8 Å². The van der Waals surface area contributed by atoms with Crippen LogP contribution in [0.4, 0.5) is 4.79 Å². The highest BCUT2D eigenvalue weighted by atomic mass is 32.1. The van der Waals surface area contributed by atoms with Crippen LogP contribution in [0.15, 0.2) is 47.8 Å². The number of quaternary nitrogens is 1. The van der Waals surface area contributed by atoms with Gasteiger partial charge in [-0.3, -0.25) is 10.1 Å². The molecular weight excluding hydrogens is 322 g/mol. The average Bonchev–Trinajstić information content (AvgIpc) is 3.10. The number of amides is 3. The van der Waals surface area contributed by atoms with Gasteiger partial charge < -0.3 is 10.6 Å². The molecule has 0 aliphatic carbocycles. The largest absolute Gasteiger partial charge is 0.335 e. The summed E-state index contributed by atoms with van der Waals surface area (Å²) in [5.74, 6) is -0.298. The zero-order valence-corrected chi connectivity index (χ0v) is 14.8. The van der Waals surface area contributed by atoms with Crippen molar-refractivity contribution < 1.29 is 14.9 Å². The van der Waals surface area contributed by atoms with E-state index in [1.54, 1.807) is 11.3 Å². The molecule has 1 aromatic carbocycles. The van der Waals surface area contributed by atoms with Gasteiger partial charge in [-0.15, -0.1) is 11.3 Å². The van der Waals surface area contributed by atoms with Gasteiger partial charge in [-0.2, -0.15) is 0 Å². The van der Waals surface area contributed by atoms with Crippen molar-refractivity contribution in [3.63, 3.8) is 0 Å². The Bertz CT molecular complexity index is 644. The van der Waals surface area contributed by atoms with Gasteiger partial charge in [0.15, 0.2) is 6.54 Å². The van der Waals surface area contributed by atoms with Crippen LogP contribution < -0.4 is 16.0 Å². The number of hydrogen-bond donors (Lipinski definition) is 3. The van der Waals surface area contributed by atoms with Gasteiger partial charge >= 0.3 is 6.03 Å². The highest BCUT2D eigenvalue weighted by Gasteiger charge is 2.20. The fourth-order valence-corrected chi connectivity index (χ4v) is 3.16. The van der Waals surface area contributed by atoms with E-state index in [0.29, 0.717) is 0 Å². The van der Waals surface area contributed by atoms with Crippen LogP contribution in [0.5, 0.6) is 0 Å². The van der Waals surface area contributed by atoms with E-state index in [0.717, 1.165) is 12.0 Å². The molecule has 0 spiro atoms. The maximum atomic E-state index is 12.0. The van der Waals surface area contributed by atoms with Gasteiger partial charge in [-0.25, -0.2) is 4.79 Å². The van der Waals surface area contributed by atoms with Gasteiger partial charge in [0, 0.05) is 11.6 Å². The van der Waals surface area contributed by atoms with E-state index < -0.39 is 6.03 Å². The average molecular weight is 346 g/mol. The third kappa shape index (κ3) is 5.47. The standard InChI is InChI=1S/C18H23N3O2S/c1-3-13(2)20-18(23)21-16(22)12-19-17(15-10-7-11-24-15)14-8-5-4-6-9-14/h4-11,13,17,19H,3,12H2,1-2H3,(H2,20,21,22,23)/p+1/t13-,17-/m0/s1. The summed E-state index contributed by atoms with van der Waals surface area (Å²) in [6.45, 7) is 4.07. The van der Waals surface area contributed by atoms with Crippen LogP contribution >= 0.6 is 11.3 Å². The number of nitrogens with one attached hydrogen (secondary N) is 2. The monoisotopic (exact) mass is 346 g/mol. The lowest BCUT2D eigenvalue weighted by molar-refractivity contribution is -0.676. The molecule has 2 rings (SSSR count). The van der Waals surface area contributed by atoms with Crippen LogP contribution in [0, 0.1) is 0 Å². The molecule has 0 unspecified atom stereocenters. The Morgan fingerprint density at radius 3 is 2.54 bits per heavy atom. The van der Waals surface area contributed by atoms with Gasteiger partial charge in [-0.1, -0.05) is 43.3 Å². The molecule has 24 heavy (non-hydrogen) atoms. The van der Waals surface area contributed by atoms with E-state index in [9.17, 15) is 9.59 Å². The Morgan fingerprint density at radius 1 is 1.17 bits per heavy atom. The predicted molar refractivity (Wildman–Crippen MR) is 95.8 cm³/mol. The van der Waals surface area contributed by atoms with Crippen molar-refractivity contribution in [3.8, 4) is 0 Å². The first kappa shape index (κ1) is 18.2. The normalized spacial score (nSPS) is 13.1. The molecule has 3 amide bonds. The quantitative estimate of drug-likeness (QED) is 0.717. The van der Waals surface area contributed by atoms with E-state index in [-0.39, 0.29) is 24.5 Å². The van der Waals surface area contributed by atoms with E-state index in [4.69, 9.17) is 0 Å². The number of imide groups is 1. The van der Waals surface area contributed by atoms with Crippen molar-refractivity contribution in [1.29, 1.82) is 0 Å². The third-order valence-corrected chi connectivity index (χ3v) is 4.75. The minimum atomic E-state index is -0.435.